The van der Waals surface area contributed by atoms with Gasteiger partial charge in [-0.1, -0.05) is 0 Å². The molecule has 1 aliphatic heterocycles. The summed E-state index contributed by atoms with van der Waals surface area (Å²) in [6.07, 6.45) is -1.23. The summed E-state index contributed by atoms with van der Waals surface area (Å²) in [5.74, 6) is -1.01. The SMILES string of the molecule is COc1ccc(C(=O)OC(C)C(=O)N2CC(C)OC(C)C2)cc1S(=O)(=O)N(C)C. The fourth-order valence-electron chi connectivity index (χ4n) is 3.10. The molecule has 0 saturated carbocycles. The van der Waals surface area contributed by atoms with Crippen LogP contribution in [-0.2, 0) is 24.3 Å². The minimum atomic E-state index is -3.84. The molecule has 2 rings (SSSR count). The zero-order valence-corrected chi connectivity index (χ0v) is 18.4. The number of amides is 1. The largest absolute Gasteiger partial charge is 0.495 e. The molecule has 1 saturated heterocycles. The number of morpholine rings is 1. The highest BCUT2D eigenvalue weighted by Gasteiger charge is 2.31. The van der Waals surface area contributed by atoms with Gasteiger partial charge in [-0.25, -0.2) is 17.5 Å². The van der Waals surface area contributed by atoms with E-state index in [0.29, 0.717) is 13.1 Å². The Morgan fingerprint density at radius 3 is 2.31 bits per heavy atom. The third-order valence-corrected chi connectivity index (χ3v) is 6.36. The molecule has 0 bridgehead atoms. The number of esters is 1. The predicted molar refractivity (Wildman–Crippen MR) is 105 cm³/mol. The molecule has 1 fully saturated rings. The number of sulfonamides is 1. The fourth-order valence-corrected chi connectivity index (χ4v) is 4.17. The van der Waals surface area contributed by atoms with E-state index in [1.807, 2.05) is 13.8 Å². The van der Waals surface area contributed by atoms with Crippen molar-refractivity contribution in [3.63, 3.8) is 0 Å². The molecule has 0 N–H and O–H groups in total. The van der Waals surface area contributed by atoms with Crippen LogP contribution in [0.25, 0.3) is 0 Å². The summed E-state index contributed by atoms with van der Waals surface area (Å²) in [6, 6.07) is 3.96. The van der Waals surface area contributed by atoms with Gasteiger partial charge in [0.15, 0.2) is 6.10 Å². The molecule has 162 valence electrons. The van der Waals surface area contributed by atoms with Crippen LogP contribution in [0.5, 0.6) is 5.75 Å². The van der Waals surface area contributed by atoms with Gasteiger partial charge in [-0.05, 0) is 39.0 Å². The minimum absolute atomic E-state index is 0.00888. The molecule has 1 aromatic carbocycles. The second-order valence-electron chi connectivity index (χ2n) is 7.20. The second-order valence-corrected chi connectivity index (χ2v) is 9.32. The summed E-state index contributed by atoms with van der Waals surface area (Å²) < 4.78 is 42.0. The normalized spacial score (nSPS) is 21.0. The summed E-state index contributed by atoms with van der Waals surface area (Å²) in [7, 11) is 0.262. The molecule has 3 atom stereocenters. The van der Waals surface area contributed by atoms with Gasteiger partial charge in [0, 0.05) is 27.2 Å². The number of rotatable bonds is 6. The lowest BCUT2D eigenvalue weighted by Gasteiger charge is -2.36. The highest BCUT2D eigenvalue weighted by molar-refractivity contribution is 7.89. The van der Waals surface area contributed by atoms with E-state index >= 15 is 0 Å². The van der Waals surface area contributed by atoms with Gasteiger partial charge >= 0.3 is 5.97 Å². The van der Waals surface area contributed by atoms with Gasteiger partial charge in [-0.3, -0.25) is 4.79 Å². The zero-order valence-electron chi connectivity index (χ0n) is 17.5. The average molecular weight is 429 g/mol. The average Bonchev–Trinajstić information content (AvgIpc) is 2.65. The first-order valence-corrected chi connectivity index (χ1v) is 10.7. The third kappa shape index (κ3) is 5.26. The maximum Gasteiger partial charge on any atom is 0.338 e. The van der Waals surface area contributed by atoms with E-state index in [1.54, 1.807) is 4.90 Å². The number of ether oxygens (including phenoxy) is 3. The number of carbonyl (C=O) groups excluding carboxylic acids is 2. The van der Waals surface area contributed by atoms with E-state index in [0.717, 1.165) is 4.31 Å². The van der Waals surface area contributed by atoms with E-state index in [9.17, 15) is 18.0 Å². The molecule has 10 heteroatoms. The minimum Gasteiger partial charge on any atom is -0.495 e. The number of nitrogens with zero attached hydrogens (tertiary/aromatic N) is 2. The van der Waals surface area contributed by atoms with Crippen LogP contribution < -0.4 is 4.74 Å². The first-order valence-electron chi connectivity index (χ1n) is 9.23. The van der Waals surface area contributed by atoms with Crippen LogP contribution >= 0.6 is 0 Å². The molecular weight excluding hydrogens is 400 g/mol. The second kappa shape index (κ2) is 9.10. The van der Waals surface area contributed by atoms with E-state index < -0.39 is 22.1 Å². The number of methoxy groups -OCH3 is 1. The van der Waals surface area contributed by atoms with E-state index in [1.165, 1.54) is 46.3 Å². The Morgan fingerprint density at radius 2 is 1.79 bits per heavy atom. The molecular formula is C19H28N2O7S. The van der Waals surface area contributed by atoms with E-state index in [-0.39, 0.29) is 34.3 Å². The Bertz CT molecular complexity index is 859. The molecule has 29 heavy (non-hydrogen) atoms. The summed E-state index contributed by atoms with van der Waals surface area (Å²) >= 11 is 0. The van der Waals surface area contributed by atoms with Crippen LogP contribution in [0, 0.1) is 0 Å². The Kier molecular flexibility index (Phi) is 7.25. The lowest BCUT2D eigenvalue weighted by Crippen LogP contribution is -2.51. The first kappa shape index (κ1) is 23.1. The van der Waals surface area contributed by atoms with Gasteiger partial charge in [-0.15, -0.1) is 0 Å². The number of hydrogen-bond acceptors (Lipinski definition) is 7. The van der Waals surface area contributed by atoms with Crippen LogP contribution in [0.2, 0.25) is 0 Å². The van der Waals surface area contributed by atoms with Crippen molar-refractivity contribution in [2.45, 2.75) is 44.0 Å². The van der Waals surface area contributed by atoms with Crippen molar-refractivity contribution >= 4 is 21.9 Å². The van der Waals surface area contributed by atoms with Crippen LogP contribution in [0.15, 0.2) is 23.1 Å². The lowest BCUT2D eigenvalue weighted by atomic mass is 10.2. The summed E-state index contributed by atoms with van der Waals surface area (Å²) in [4.78, 5) is 26.6. The molecule has 0 aliphatic carbocycles. The molecule has 1 aromatic rings. The molecule has 1 aliphatic rings. The standard InChI is InChI=1S/C19H28N2O7S/c1-12-10-21(11-13(2)27-12)18(22)14(3)28-19(23)15-7-8-16(26-6)17(9-15)29(24,25)20(4)5/h7-9,12-14H,10-11H2,1-6H3. The van der Waals surface area contributed by atoms with Gasteiger partial charge in [-0.2, -0.15) is 0 Å². The first-order chi connectivity index (χ1) is 13.5. The highest BCUT2D eigenvalue weighted by atomic mass is 32.2. The zero-order chi connectivity index (χ0) is 21.9. The molecule has 0 spiro atoms. The summed E-state index contributed by atoms with van der Waals surface area (Å²) in [6.45, 7) is 6.07. The Hall–Kier alpha value is -2.17. The Morgan fingerprint density at radius 1 is 1.21 bits per heavy atom. The van der Waals surface area contributed by atoms with Gasteiger partial charge in [0.1, 0.15) is 10.6 Å². The van der Waals surface area contributed by atoms with Crippen LogP contribution in [0.4, 0.5) is 0 Å². The van der Waals surface area contributed by atoms with Gasteiger partial charge in [0.2, 0.25) is 10.0 Å². The van der Waals surface area contributed by atoms with E-state index in [2.05, 4.69) is 0 Å². The van der Waals surface area contributed by atoms with Gasteiger partial charge < -0.3 is 19.1 Å². The van der Waals surface area contributed by atoms with Crippen LogP contribution in [0.3, 0.4) is 0 Å². The maximum absolute atomic E-state index is 12.6. The maximum atomic E-state index is 12.6. The van der Waals surface area contributed by atoms with Crippen molar-refractivity contribution in [1.82, 2.24) is 9.21 Å². The Balaban J connectivity index is 2.19. The third-order valence-electron chi connectivity index (χ3n) is 4.52. The molecule has 0 aromatic heterocycles. The number of hydrogen-bond donors (Lipinski definition) is 0. The highest BCUT2D eigenvalue weighted by Crippen LogP contribution is 2.27. The van der Waals surface area contributed by atoms with Crippen molar-refractivity contribution in [2.75, 3.05) is 34.3 Å². The molecule has 9 nitrogen and oxygen atoms in total. The van der Waals surface area contributed by atoms with Gasteiger partial charge in [0.05, 0.1) is 24.9 Å². The van der Waals surface area contributed by atoms with Crippen molar-refractivity contribution in [3.8, 4) is 5.75 Å². The predicted octanol–water partition coefficient (Wildman–Crippen LogP) is 1.13. The molecule has 0 radical (unpaired) electrons. The Labute approximate surface area is 171 Å². The lowest BCUT2D eigenvalue weighted by molar-refractivity contribution is -0.151. The molecule has 1 heterocycles. The molecule has 1 amide bonds. The van der Waals surface area contributed by atoms with Crippen molar-refractivity contribution < 1.29 is 32.2 Å². The monoisotopic (exact) mass is 428 g/mol. The topological polar surface area (TPSA) is 102 Å². The van der Waals surface area contributed by atoms with Crippen LogP contribution in [0.1, 0.15) is 31.1 Å². The van der Waals surface area contributed by atoms with Gasteiger partial charge in [0.25, 0.3) is 5.91 Å². The summed E-state index contributed by atoms with van der Waals surface area (Å²) in [5.41, 5.74) is 0.00888. The van der Waals surface area contributed by atoms with Crippen LogP contribution in [-0.4, -0.2) is 82.1 Å². The summed E-state index contributed by atoms with van der Waals surface area (Å²) in [5, 5.41) is 0. The van der Waals surface area contributed by atoms with Crippen molar-refractivity contribution in [2.24, 2.45) is 0 Å². The van der Waals surface area contributed by atoms with E-state index in [4.69, 9.17) is 14.2 Å². The number of carbonyl (C=O) groups is 2. The van der Waals surface area contributed by atoms with Crippen molar-refractivity contribution in [3.05, 3.63) is 23.8 Å². The van der Waals surface area contributed by atoms with Crippen molar-refractivity contribution in [1.29, 1.82) is 0 Å². The quantitative estimate of drug-likeness (QED) is 0.626. The number of benzene rings is 1. The fraction of sp³-hybridized carbons (Fsp3) is 0.579. The molecule has 3 unspecified atom stereocenters. The smallest absolute Gasteiger partial charge is 0.338 e.